The lowest BCUT2D eigenvalue weighted by molar-refractivity contribution is 0.527. The molecule has 0 spiro atoms. The van der Waals surface area contributed by atoms with E-state index in [9.17, 15) is 0 Å². The zero-order valence-corrected chi connectivity index (χ0v) is 13.3. The smallest absolute Gasteiger partial charge is 0.0371 e. The molecule has 19 heavy (non-hydrogen) atoms. The molecule has 0 radical (unpaired) electrons. The highest BCUT2D eigenvalue weighted by Crippen LogP contribution is 2.23. The van der Waals surface area contributed by atoms with Crippen molar-refractivity contribution in [1.82, 2.24) is 10.3 Å². The molecule has 0 aliphatic carbocycles. The first-order valence-corrected chi connectivity index (χ1v) is 7.76. The first-order valence-electron chi connectivity index (χ1n) is 6.68. The number of benzene rings is 1. The van der Waals surface area contributed by atoms with Gasteiger partial charge in [-0.2, -0.15) is 0 Å². The van der Waals surface area contributed by atoms with Gasteiger partial charge in [0.1, 0.15) is 0 Å². The molecule has 0 bridgehead atoms. The number of aromatic nitrogens is 1. The summed E-state index contributed by atoms with van der Waals surface area (Å²) in [5.74, 6) is 0. The van der Waals surface area contributed by atoms with Gasteiger partial charge in [-0.1, -0.05) is 31.2 Å². The molecule has 0 saturated heterocycles. The number of nitrogens with one attached hydrogen (secondary N) is 1. The summed E-state index contributed by atoms with van der Waals surface area (Å²) in [6.07, 6.45) is 5.90. The van der Waals surface area contributed by atoms with Gasteiger partial charge in [-0.05, 0) is 65.2 Å². The maximum atomic E-state index is 4.20. The third-order valence-corrected chi connectivity index (χ3v) is 4.07. The second-order valence-electron chi connectivity index (χ2n) is 4.59. The van der Waals surface area contributed by atoms with Crippen molar-refractivity contribution < 1.29 is 0 Å². The molecule has 3 heteroatoms. The largest absolute Gasteiger partial charge is 0.310 e. The minimum atomic E-state index is 0.359. The topological polar surface area (TPSA) is 24.9 Å². The third-order valence-electron chi connectivity index (χ3n) is 3.08. The molecule has 100 valence electrons. The van der Waals surface area contributed by atoms with Crippen molar-refractivity contribution in [2.24, 2.45) is 0 Å². The summed E-state index contributed by atoms with van der Waals surface area (Å²) >= 11 is 2.41. The predicted octanol–water partition coefficient (Wildman–Crippen LogP) is 3.97. The summed E-state index contributed by atoms with van der Waals surface area (Å²) in [5, 5.41) is 3.64. The highest BCUT2D eigenvalue weighted by Gasteiger charge is 2.14. The van der Waals surface area contributed by atoms with E-state index in [4.69, 9.17) is 0 Å². The van der Waals surface area contributed by atoms with Gasteiger partial charge in [-0.3, -0.25) is 4.98 Å². The van der Waals surface area contributed by atoms with E-state index in [2.05, 4.69) is 70.1 Å². The Morgan fingerprint density at radius 2 is 2.05 bits per heavy atom. The van der Waals surface area contributed by atoms with E-state index in [1.165, 1.54) is 14.7 Å². The van der Waals surface area contributed by atoms with Crippen molar-refractivity contribution in [3.63, 3.8) is 0 Å². The zero-order valence-electron chi connectivity index (χ0n) is 11.1. The van der Waals surface area contributed by atoms with Crippen LogP contribution in [-0.4, -0.2) is 11.5 Å². The fourth-order valence-electron chi connectivity index (χ4n) is 2.12. The van der Waals surface area contributed by atoms with Crippen molar-refractivity contribution in [3.05, 3.63) is 63.5 Å². The van der Waals surface area contributed by atoms with Gasteiger partial charge in [-0.25, -0.2) is 0 Å². The lowest BCUT2D eigenvalue weighted by Crippen LogP contribution is -2.24. The van der Waals surface area contributed by atoms with Gasteiger partial charge >= 0.3 is 0 Å². The molecule has 0 aliphatic rings. The van der Waals surface area contributed by atoms with Crippen LogP contribution in [0.3, 0.4) is 0 Å². The molecular weight excluding hydrogens is 347 g/mol. The molecule has 1 heterocycles. The minimum Gasteiger partial charge on any atom is -0.310 e. The Labute approximate surface area is 128 Å². The Balaban J connectivity index is 2.19. The third kappa shape index (κ3) is 4.28. The van der Waals surface area contributed by atoms with Crippen molar-refractivity contribution in [3.8, 4) is 0 Å². The van der Waals surface area contributed by atoms with Crippen molar-refractivity contribution >= 4 is 22.6 Å². The van der Waals surface area contributed by atoms with Gasteiger partial charge in [-0.15, -0.1) is 0 Å². The van der Waals surface area contributed by atoms with Crippen LogP contribution in [-0.2, 0) is 6.42 Å². The highest BCUT2D eigenvalue weighted by atomic mass is 127. The summed E-state index contributed by atoms with van der Waals surface area (Å²) in [4.78, 5) is 4.20. The number of halogens is 1. The normalized spacial score (nSPS) is 12.3. The molecule has 0 fully saturated rings. The first kappa shape index (κ1) is 14.5. The quantitative estimate of drug-likeness (QED) is 0.783. The maximum absolute atomic E-state index is 4.20. The summed E-state index contributed by atoms with van der Waals surface area (Å²) in [7, 11) is 0. The molecular formula is C16H19IN2. The molecule has 0 amide bonds. The van der Waals surface area contributed by atoms with Crippen LogP contribution >= 0.6 is 22.6 Å². The van der Waals surface area contributed by atoms with E-state index in [-0.39, 0.29) is 0 Å². The van der Waals surface area contributed by atoms with Gasteiger partial charge in [0.25, 0.3) is 0 Å². The minimum absolute atomic E-state index is 0.359. The van der Waals surface area contributed by atoms with E-state index < -0.39 is 0 Å². The van der Waals surface area contributed by atoms with E-state index >= 15 is 0 Å². The Bertz CT molecular complexity index is 499. The lowest BCUT2D eigenvalue weighted by Gasteiger charge is -2.20. The second kappa shape index (κ2) is 7.60. The van der Waals surface area contributed by atoms with Gasteiger partial charge in [0, 0.05) is 22.0 Å². The first-order chi connectivity index (χ1) is 9.31. The molecule has 0 saturated carbocycles. The average molecular weight is 366 g/mol. The Morgan fingerprint density at radius 3 is 2.74 bits per heavy atom. The molecule has 1 N–H and O–H groups in total. The molecule has 2 nitrogen and oxygen atoms in total. The number of hydrogen-bond acceptors (Lipinski definition) is 2. The van der Waals surface area contributed by atoms with Crippen LogP contribution in [0, 0.1) is 3.57 Å². The van der Waals surface area contributed by atoms with Crippen LogP contribution in [0.2, 0.25) is 0 Å². The van der Waals surface area contributed by atoms with Crippen LogP contribution in [0.4, 0.5) is 0 Å². The van der Waals surface area contributed by atoms with Crippen LogP contribution in [0.25, 0.3) is 0 Å². The predicted molar refractivity (Wildman–Crippen MR) is 88.1 cm³/mol. The number of pyridine rings is 1. The molecule has 1 unspecified atom stereocenters. The summed E-state index contributed by atoms with van der Waals surface area (Å²) in [5.41, 5.74) is 2.65. The van der Waals surface area contributed by atoms with Crippen LogP contribution in [0.5, 0.6) is 0 Å². The molecule has 2 rings (SSSR count). The van der Waals surface area contributed by atoms with Crippen LogP contribution < -0.4 is 5.32 Å². The van der Waals surface area contributed by atoms with Crippen molar-refractivity contribution in [2.45, 2.75) is 25.8 Å². The molecule has 1 atom stereocenters. The Kier molecular flexibility index (Phi) is 5.79. The number of hydrogen-bond donors (Lipinski definition) is 1. The summed E-state index contributed by atoms with van der Waals surface area (Å²) < 4.78 is 1.32. The SMILES string of the molecule is CCCNC(Cc1cccnc1)c1ccccc1I. The van der Waals surface area contributed by atoms with Gasteiger partial charge in [0.2, 0.25) is 0 Å². The van der Waals surface area contributed by atoms with Crippen LogP contribution in [0.15, 0.2) is 48.8 Å². The zero-order chi connectivity index (χ0) is 13.5. The van der Waals surface area contributed by atoms with Gasteiger partial charge in [0.05, 0.1) is 0 Å². The molecule has 2 aromatic rings. The second-order valence-corrected chi connectivity index (χ2v) is 5.76. The van der Waals surface area contributed by atoms with Crippen molar-refractivity contribution in [2.75, 3.05) is 6.54 Å². The molecule has 1 aromatic heterocycles. The number of nitrogens with zero attached hydrogens (tertiary/aromatic N) is 1. The van der Waals surface area contributed by atoms with E-state index in [1.54, 1.807) is 0 Å². The fraction of sp³-hybridized carbons (Fsp3) is 0.312. The summed E-state index contributed by atoms with van der Waals surface area (Å²) in [6, 6.07) is 13.1. The fourth-order valence-corrected chi connectivity index (χ4v) is 2.89. The lowest BCUT2D eigenvalue weighted by atomic mass is 10.00. The van der Waals surface area contributed by atoms with E-state index in [0.29, 0.717) is 6.04 Å². The van der Waals surface area contributed by atoms with Gasteiger partial charge < -0.3 is 5.32 Å². The van der Waals surface area contributed by atoms with E-state index in [0.717, 1.165) is 19.4 Å². The summed E-state index contributed by atoms with van der Waals surface area (Å²) in [6.45, 7) is 3.24. The number of rotatable bonds is 6. The Hall–Kier alpha value is -0.940. The Morgan fingerprint density at radius 1 is 1.21 bits per heavy atom. The van der Waals surface area contributed by atoms with Crippen LogP contribution in [0.1, 0.15) is 30.5 Å². The van der Waals surface area contributed by atoms with E-state index in [1.807, 2.05) is 18.5 Å². The standard InChI is InChI=1S/C16H19IN2/c1-2-9-19-16(11-13-6-5-10-18-12-13)14-7-3-4-8-15(14)17/h3-8,10,12,16,19H,2,9,11H2,1H3. The average Bonchev–Trinajstić information content (AvgIpc) is 2.45. The molecule has 0 aliphatic heterocycles. The highest BCUT2D eigenvalue weighted by molar-refractivity contribution is 14.1. The van der Waals surface area contributed by atoms with Gasteiger partial charge in [0.15, 0.2) is 0 Å². The maximum Gasteiger partial charge on any atom is 0.0371 e. The molecule has 1 aromatic carbocycles. The monoisotopic (exact) mass is 366 g/mol. The van der Waals surface area contributed by atoms with Crippen molar-refractivity contribution in [1.29, 1.82) is 0 Å².